The normalized spacial score (nSPS) is 19.5. The number of alkyl halides is 5. The van der Waals surface area contributed by atoms with Gasteiger partial charge in [0.1, 0.15) is 13.6 Å². The van der Waals surface area contributed by atoms with E-state index in [0.29, 0.717) is 23.3 Å². The van der Waals surface area contributed by atoms with E-state index in [2.05, 4.69) is 5.32 Å². The van der Waals surface area contributed by atoms with Crippen molar-refractivity contribution < 1.29 is 45.9 Å². The number of hydrogen-bond acceptors (Lipinski definition) is 5. The molecule has 0 spiro atoms. The quantitative estimate of drug-likeness (QED) is 0.305. The Morgan fingerprint density at radius 3 is 2.42 bits per heavy atom. The first kappa shape index (κ1) is 29.0. The van der Waals surface area contributed by atoms with Crippen LogP contribution in [0, 0.1) is 0 Å². The highest BCUT2D eigenvalue weighted by atomic mass is 19.4. The van der Waals surface area contributed by atoms with E-state index in [1.165, 1.54) is 23.1 Å². The van der Waals surface area contributed by atoms with Gasteiger partial charge in [-0.1, -0.05) is 12.1 Å². The Morgan fingerprint density at radius 1 is 1.10 bits per heavy atom. The molecule has 0 unspecified atom stereocenters. The van der Waals surface area contributed by atoms with Crippen molar-refractivity contribution in [2.75, 3.05) is 0 Å². The van der Waals surface area contributed by atoms with Crippen molar-refractivity contribution in [1.82, 2.24) is 15.5 Å². The van der Waals surface area contributed by atoms with Gasteiger partial charge in [0.15, 0.2) is 0 Å². The molecule has 0 aromatic heterocycles. The maximum absolute atomic E-state index is 15.0. The van der Waals surface area contributed by atoms with E-state index in [4.69, 9.17) is 4.74 Å². The summed E-state index contributed by atoms with van der Waals surface area (Å²) in [6, 6.07) is 6.21. The fourth-order valence-corrected chi connectivity index (χ4v) is 4.73. The van der Waals surface area contributed by atoms with Crippen LogP contribution >= 0.6 is 0 Å². The molecule has 4 rings (SSSR count). The fourth-order valence-electron chi connectivity index (χ4n) is 4.73. The number of nitrogens with one attached hydrogen (secondary N) is 2. The summed E-state index contributed by atoms with van der Waals surface area (Å²) in [4.78, 5) is 50.8. The summed E-state index contributed by atoms with van der Waals surface area (Å²) in [5.41, 5.74) is -3.43. The molecule has 2 N–H and O–H groups in total. The largest absolute Gasteiger partial charge is 0.491 e. The number of fused-ring (bicyclic) bond motifs is 1. The van der Waals surface area contributed by atoms with E-state index >= 15 is 8.78 Å². The molecule has 1 fully saturated rings. The highest BCUT2D eigenvalue weighted by molar-refractivity contribution is 6.32. The molecule has 14 heteroatoms. The van der Waals surface area contributed by atoms with Gasteiger partial charge in [0.05, 0.1) is 17.1 Å². The average Bonchev–Trinajstić information content (AvgIpc) is 3.20. The summed E-state index contributed by atoms with van der Waals surface area (Å²) in [5.74, 6) is -8.23. The monoisotopic (exact) mass is 565 g/mol. The van der Waals surface area contributed by atoms with Crippen LogP contribution in [0.4, 0.5) is 22.0 Å². The molecule has 2 aliphatic heterocycles. The summed E-state index contributed by atoms with van der Waals surface area (Å²) in [6.07, 6.45) is -5.50. The SMILES string of the molecule is B[C@@]1(N2Cc3cc(CNC(=O)C(F)(F)c4ccc(OC(C)C)cc4C(F)(F)F)ccc3C2=O)CCC(=O)NC1=O. The van der Waals surface area contributed by atoms with E-state index in [-0.39, 0.29) is 30.7 Å². The predicted octanol–water partition coefficient (Wildman–Crippen LogP) is 2.62. The number of carbonyl (C=O) groups is 4. The lowest BCUT2D eigenvalue weighted by Crippen LogP contribution is -2.63. The molecule has 0 aliphatic carbocycles. The molecule has 2 aromatic rings. The zero-order valence-electron chi connectivity index (χ0n) is 21.7. The Hall–Kier alpha value is -3.97. The van der Waals surface area contributed by atoms with Gasteiger partial charge in [-0.3, -0.25) is 24.5 Å². The van der Waals surface area contributed by atoms with Gasteiger partial charge in [-0.05, 0) is 55.7 Å². The molecule has 1 atom stereocenters. The molecule has 0 radical (unpaired) electrons. The van der Waals surface area contributed by atoms with E-state index in [9.17, 15) is 32.3 Å². The maximum Gasteiger partial charge on any atom is 0.417 e. The standard InChI is InChI=1S/C26H25BF5N3O5/c1-13(2)40-16-4-6-18(19(10-16)26(30,31)32)25(28,29)23(39)33-11-14-3-5-17-15(9-14)12-35(21(17)37)24(27)8-7-20(36)34-22(24)38/h3-6,9-10,13H,7-8,11-12,27H2,1-2H3,(H,33,39)(H,34,36,38)/t24-/m1/s1. The first-order valence-corrected chi connectivity index (χ1v) is 12.4. The smallest absolute Gasteiger partial charge is 0.417 e. The average molecular weight is 565 g/mol. The molecule has 1 saturated heterocycles. The molecule has 2 aliphatic rings. The Labute approximate surface area is 226 Å². The van der Waals surface area contributed by atoms with Gasteiger partial charge in [0.2, 0.25) is 11.8 Å². The van der Waals surface area contributed by atoms with Crippen molar-refractivity contribution in [3.05, 3.63) is 64.2 Å². The van der Waals surface area contributed by atoms with Crippen LogP contribution in [-0.4, -0.2) is 47.9 Å². The number of rotatable bonds is 7. The van der Waals surface area contributed by atoms with Crippen LogP contribution < -0.4 is 15.4 Å². The molecule has 40 heavy (non-hydrogen) atoms. The van der Waals surface area contributed by atoms with Crippen LogP contribution in [0.2, 0.25) is 0 Å². The van der Waals surface area contributed by atoms with Gasteiger partial charge in [-0.25, -0.2) is 0 Å². The maximum atomic E-state index is 15.0. The van der Waals surface area contributed by atoms with Crippen LogP contribution in [0.3, 0.4) is 0 Å². The molecule has 0 bridgehead atoms. The molecule has 212 valence electrons. The molecule has 0 saturated carbocycles. The van der Waals surface area contributed by atoms with Gasteiger partial charge in [-0.2, -0.15) is 22.0 Å². The van der Waals surface area contributed by atoms with Crippen molar-refractivity contribution in [3.8, 4) is 5.75 Å². The number of ether oxygens (including phenoxy) is 1. The first-order valence-electron chi connectivity index (χ1n) is 12.4. The number of nitrogens with zero attached hydrogens (tertiary/aromatic N) is 1. The third kappa shape index (κ3) is 5.39. The van der Waals surface area contributed by atoms with Crippen molar-refractivity contribution in [1.29, 1.82) is 0 Å². The summed E-state index contributed by atoms with van der Waals surface area (Å²) in [5, 5.41) is 4.19. The van der Waals surface area contributed by atoms with Crippen molar-refractivity contribution in [2.24, 2.45) is 0 Å². The number of carbonyl (C=O) groups excluding carboxylic acids is 4. The van der Waals surface area contributed by atoms with Gasteiger partial charge in [0.25, 0.3) is 11.8 Å². The minimum atomic E-state index is -5.17. The number of piperidine rings is 1. The second-order valence-electron chi connectivity index (χ2n) is 10.2. The molecule has 2 aromatic carbocycles. The Kier molecular flexibility index (Phi) is 7.41. The second-order valence-corrected chi connectivity index (χ2v) is 10.2. The van der Waals surface area contributed by atoms with Crippen molar-refractivity contribution in [2.45, 2.75) is 63.4 Å². The minimum absolute atomic E-state index is 0.00393. The van der Waals surface area contributed by atoms with Crippen LogP contribution in [0.1, 0.15) is 59.3 Å². The second kappa shape index (κ2) is 10.2. The number of benzene rings is 2. The van der Waals surface area contributed by atoms with Crippen molar-refractivity contribution in [3.63, 3.8) is 0 Å². The summed E-state index contributed by atoms with van der Waals surface area (Å²) >= 11 is 0. The molecular weight excluding hydrogens is 540 g/mol. The fraction of sp³-hybridized carbons (Fsp3) is 0.385. The number of imide groups is 1. The Bertz CT molecular complexity index is 1400. The third-order valence-corrected chi connectivity index (χ3v) is 6.90. The summed E-state index contributed by atoms with van der Waals surface area (Å²) in [7, 11) is 1.54. The van der Waals surface area contributed by atoms with E-state index in [1.54, 1.807) is 21.7 Å². The predicted molar refractivity (Wildman–Crippen MR) is 133 cm³/mol. The molecular formula is C26H25BF5N3O5. The zero-order valence-corrected chi connectivity index (χ0v) is 21.7. The third-order valence-electron chi connectivity index (χ3n) is 6.90. The lowest BCUT2D eigenvalue weighted by Gasteiger charge is -2.39. The minimum Gasteiger partial charge on any atom is -0.491 e. The number of amides is 4. The van der Waals surface area contributed by atoms with Gasteiger partial charge >= 0.3 is 12.1 Å². The highest BCUT2D eigenvalue weighted by Gasteiger charge is 2.49. The number of hydrogen-bond donors (Lipinski definition) is 2. The van der Waals surface area contributed by atoms with E-state index in [1.807, 2.05) is 5.32 Å². The summed E-state index contributed by atoms with van der Waals surface area (Å²) < 4.78 is 76.0. The van der Waals surface area contributed by atoms with Crippen LogP contribution in [-0.2, 0) is 39.6 Å². The van der Waals surface area contributed by atoms with Gasteiger partial charge in [-0.15, -0.1) is 0 Å². The first-order chi connectivity index (χ1) is 18.5. The lowest BCUT2D eigenvalue weighted by atomic mass is 9.70. The lowest BCUT2D eigenvalue weighted by molar-refractivity contribution is -0.153. The number of halogens is 5. The highest BCUT2D eigenvalue weighted by Crippen LogP contribution is 2.41. The van der Waals surface area contributed by atoms with Crippen LogP contribution in [0.15, 0.2) is 36.4 Å². The molecule has 8 nitrogen and oxygen atoms in total. The molecule has 2 heterocycles. The van der Waals surface area contributed by atoms with Gasteiger partial charge < -0.3 is 15.0 Å². The van der Waals surface area contributed by atoms with E-state index < -0.39 is 64.9 Å². The topological polar surface area (TPSA) is 105 Å². The van der Waals surface area contributed by atoms with Crippen LogP contribution in [0.25, 0.3) is 0 Å². The Balaban J connectivity index is 1.50. The van der Waals surface area contributed by atoms with Crippen LogP contribution in [0.5, 0.6) is 5.75 Å². The Morgan fingerprint density at radius 2 is 1.80 bits per heavy atom. The van der Waals surface area contributed by atoms with Crippen molar-refractivity contribution >= 4 is 31.5 Å². The molecule has 4 amide bonds. The zero-order chi connectivity index (χ0) is 29.6. The summed E-state index contributed by atoms with van der Waals surface area (Å²) in [6.45, 7) is 2.66. The van der Waals surface area contributed by atoms with Gasteiger partial charge in [0, 0.05) is 30.6 Å². The van der Waals surface area contributed by atoms with E-state index in [0.717, 1.165) is 6.07 Å².